The van der Waals surface area contributed by atoms with E-state index >= 15 is 0 Å². The fraction of sp³-hybridized carbons (Fsp3) is 0.368. The van der Waals surface area contributed by atoms with Gasteiger partial charge in [-0.2, -0.15) is 0 Å². The zero-order chi connectivity index (χ0) is 17.8. The van der Waals surface area contributed by atoms with Gasteiger partial charge in [0.2, 0.25) is 0 Å². The standard InChI is InChI=1S/C19H23N3O2S/c1-3-10-22(19(23)15-12-25-18(21-15)8-9-20)13(2)17-11-14-6-4-5-7-16(14)24-17/h4-7,11-13H,3,8-10,20H2,1-2H3. The Bertz CT molecular complexity index is 822. The van der Waals surface area contributed by atoms with Gasteiger partial charge in [0.05, 0.1) is 11.0 Å². The van der Waals surface area contributed by atoms with Crippen LogP contribution in [-0.4, -0.2) is 28.9 Å². The smallest absolute Gasteiger partial charge is 0.273 e. The molecule has 2 N–H and O–H groups in total. The number of fused-ring (bicyclic) bond motifs is 1. The number of benzene rings is 1. The molecule has 1 unspecified atom stereocenters. The number of hydrogen-bond acceptors (Lipinski definition) is 5. The molecule has 132 valence electrons. The predicted molar refractivity (Wildman–Crippen MR) is 101 cm³/mol. The lowest BCUT2D eigenvalue weighted by Crippen LogP contribution is -2.34. The summed E-state index contributed by atoms with van der Waals surface area (Å²) in [7, 11) is 0. The van der Waals surface area contributed by atoms with Crippen LogP contribution in [0.15, 0.2) is 40.1 Å². The zero-order valence-corrected chi connectivity index (χ0v) is 15.4. The molecule has 0 fully saturated rings. The summed E-state index contributed by atoms with van der Waals surface area (Å²) in [5, 5.41) is 3.77. The van der Waals surface area contributed by atoms with Gasteiger partial charge in [-0.3, -0.25) is 4.79 Å². The highest BCUT2D eigenvalue weighted by molar-refractivity contribution is 7.09. The minimum atomic E-state index is -0.153. The molecule has 3 aromatic rings. The quantitative estimate of drug-likeness (QED) is 0.693. The summed E-state index contributed by atoms with van der Waals surface area (Å²) >= 11 is 1.49. The summed E-state index contributed by atoms with van der Waals surface area (Å²) in [5.74, 6) is 0.731. The Morgan fingerprint density at radius 1 is 1.40 bits per heavy atom. The van der Waals surface area contributed by atoms with Crippen LogP contribution >= 0.6 is 11.3 Å². The first-order valence-electron chi connectivity index (χ1n) is 8.58. The van der Waals surface area contributed by atoms with Gasteiger partial charge < -0.3 is 15.1 Å². The Balaban J connectivity index is 1.86. The van der Waals surface area contributed by atoms with Crippen LogP contribution in [0.5, 0.6) is 0 Å². The van der Waals surface area contributed by atoms with Gasteiger partial charge in [-0.25, -0.2) is 4.98 Å². The summed E-state index contributed by atoms with van der Waals surface area (Å²) in [6.07, 6.45) is 1.57. The molecule has 0 bridgehead atoms. The van der Waals surface area contributed by atoms with E-state index in [1.807, 2.05) is 47.5 Å². The number of nitrogens with two attached hydrogens (primary N) is 1. The molecule has 2 aromatic heterocycles. The largest absolute Gasteiger partial charge is 0.459 e. The number of furan rings is 1. The Morgan fingerprint density at radius 3 is 2.92 bits per heavy atom. The van der Waals surface area contributed by atoms with Crippen LogP contribution in [0.2, 0.25) is 0 Å². The van der Waals surface area contributed by atoms with Crippen LogP contribution in [0.3, 0.4) is 0 Å². The summed E-state index contributed by atoms with van der Waals surface area (Å²) in [6.45, 7) is 5.25. The lowest BCUT2D eigenvalue weighted by atomic mass is 10.1. The zero-order valence-electron chi connectivity index (χ0n) is 14.6. The van der Waals surface area contributed by atoms with Crippen LogP contribution in [0.4, 0.5) is 0 Å². The van der Waals surface area contributed by atoms with Gasteiger partial charge in [0, 0.05) is 23.7 Å². The second kappa shape index (κ2) is 7.80. The molecule has 5 nitrogen and oxygen atoms in total. The van der Waals surface area contributed by atoms with Gasteiger partial charge in [-0.15, -0.1) is 11.3 Å². The van der Waals surface area contributed by atoms with Crippen molar-refractivity contribution >= 4 is 28.2 Å². The molecule has 3 rings (SSSR count). The molecule has 0 saturated carbocycles. The topological polar surface area (TPSA) is 72.4 Å². The summed E-state index contributed by atoms with van der Waals surface area (Å²) < 4.78 is 5.96. The Hall–Kier alpha value is -2.18. The van der Waals surface area contributed by atoms with Crippen LogP contribution in [0, 0.1) is 0 Å². The van der Waals surface area contributed by atoms with Crippen LogP contribution in [0.25, 0.3) is 11.0 Å². The number of nitrogens with zero attached hydrogens (tertiary/aromatic N) is 2. The summed E-state index contributed by atoms with van der Waals surface area (Å²) in [6, 6.07) is 9.74. The van der Waals surface area contributed by atoms with E-state index in [0.717, 1.165) is 28.2 Å². The maximum Gasteiger partial charge on any atom is 0.273 e. The van der Waals surface area contributed by atoms with Crippen molar-refractivity contribution in [3.63, 3.8) is 0 Å². The van der Waals surface area contributed by atoms with Crippen LogP contribution < -0.4 is 5.73 Å². The van der Waals surface area contributed by atoms with Gasteiger partial charge >= 0.3 is 0 Å². The first kappa shape index (κ1) is 17.6. The highest BCUT2D eigenvalue weighted by Gasteiger charge is 2.26. The Morgan fingerprint density at radius 2 is 2.20 bits per heavy atom. The predicted octanol–water partition coefficient (Wildman–Crippen LogP) is 4.00. The molecule has 0 radical (unpaired) electrons. The third-order valence-electron chi connectivity index (χ3n) is 4.18. The van der Waals surface area contributed by atoms with E-state index in [1.165, 1.54) is 11.3 Å². The van der Waals surface area contributed by atoms with Crippen molar-refractivity contribution in [3.8, 4) is 0 Å². The maximum atomic E-state index is 13.0. The van der Waals surface area contributed by atoms with Gasteiger partial charge in [0.15, 0.2) is 0 Å². The maximum absolute atomic E-state index is 13.0. The monoisotopic (exact) mass is 357 g/mol. The number of para-hydroxylation sites is 1. The number of carbonyl (C=O) groups excluding carboxylic acids is 1. The molecule has 1 atom stereocenters. The fourth-order valence-electron chi connectivity index (χ4n) is 2.87. The SMILES string of the molecule is CCCN(C(=O)c1csc(CCN)n1)C(C)c1cc2ccccc2o1. The van der Waals surface area contributed by atoms with E-state index in [0.29, 0.717) is 25.2 Å². The van der Waals surface area contributed by atoms with Crippen molar-refractivity contribution in [2.75, 3.05) is 13.1 Å². The number of hydrogen-bond donors (Lipinski definition) is 1. The molecular formula is C19H23N3O2S. The molecule has 0 aliphatic rings. The summed E-state index contributed by atoms with van der Waals surface area (Å²) in [5.41, 5.74) is 6.90. The number of carbonyl (C=O) groups is 1. The molecule has 0 saturated heterocycles. The second-order valence-electron chi connectivity index (χ2n) is 6.03. The van der Waals surface area contributed by atoms with Crippen molar-refractivity contribution in [3.05, 3.63) is 52.2 Å². The van der Waals surface area contributed by atoms with Crippen molar-refractivity contribution in [2.45, 2.75) is 32.7 Å². The van der Waals surface area contributed by atoms with Crippen LogP contribution in [0.1, 0.15) is 47.6 Å². The van der Waals surface area contributed by atoms with Gasteiger partial charge in [-0.05, 0) is 32.0 Å². The number of aromatic nitrogens is 1. The van der Waals surface area contributed by atoms with Gasteiger partial charge in [0.1, 0.15) is 17.0 Å². The lowest BCUT2D eigenvalue weighted by molar-refractivity contribution is 0.0667. The molecule has 6 heteroatoms. The van der Waals surface area contributed by atoms with Crippen molar-refractivity contribution < 1.29 is 9.21 Å². The Kier molecular flexibility index (Phi) is 5.50. The first-order valence-corrected chi connectivity index (χ1v) is 9.46. The molecule has 0 aliphatic heterocycles. The minimum Gasteiger partial charge on any atom is -0.459 e. The highest BCUT2D eigenvalue weighted by atomic mass is 32.1. The fourth-order valence-corrected chi connectivity index (χ4v) is 3.66. The van der Waals surface area contributed by atoms with Gasteiger partial charge in [-0.1, -0.05) is 25.1 Å². The highest BCUT2D eigenvalue weighted by Crippen LogP contribution is 2.28. The number of rotatable bonds is 7. The third-order valence-corrected chi connectivity index (χ3v) is 5.09. The number of amides is 1. The van der Waals surface area contributed by atoms with Crippen molar-refractivity contribution in [1.82, 2.24) is 9.88 Å². The lowest BCUT2D eigenvalue weighted by Gasteiger charge is -2.27. The summed E-state index contributed by atoms with van der Waals surface area (Å²) in [4.78, 5) is 19.3. The van der Waals surface area contributed by atoms with E-state index in [9.17, 15) is 4.79 Å². The second-order valence-corrected chi connectivity index (χ2v) is 6.97. The molecule has 1 amide bonds. The molecule has 0 spiro atoms. The molecule has 1 aromatic carbocycles. The minimum absolute atomic E-state index is 0.0608. The van der Waals surface area contributed by atoms with E-state index in [2.05, 4.69) is 11.9 Å². The van der Waals surface area contributed by atoms with Crippen LogP contribution in [-0.2, 0) is 6.42 Å². The molecule has 0 aliphatic carbocycles. The molecule has 25 heavy (non-hydrogen) atoms. The Labute approximate surface area is 151 Å². The van der Waals surface area contributed by atoms with E-state index in [-0.39, 0.29) is 11.9 Å². The van der Waals surface area contributed by atoms with E-state index in [4.69, 9.17) is 10.2 Å². The molecule has 2 heterocycles. The third kappa shape index (κ3) is 3.75. The average molecular weight is 357 g/mol. The first-order chi connectivity index (χ1) is 12.1. The normalized spacial score (nSPS) is 12.4. The van der Waals surface area contributed by atoms with E-state index < -0.39 is 0 Å². The van der Waals surface area contributed by atoms with Gasteiger partial charge in [0.25, 0.3) is 5.91 Å². The average Bonchev–Trinajstić information content (AvgIpc) is 3.25. The van der Waals surface area contributed by atoms with Crippen molar-refractivity contribution in [1.29, 1.82) is 0 Å². The number of thiazole rings is 1. The van der Waals surface area contributed by atoms with Crippen molar-refractivity contribution in [2.24, 2.45) is 5.73 Å². The molecular weight excluding hydrogens is 334 g/mol. The van der Waals surface area contributed by atoms with E-state index in [1.54, 1.807) is 0 Å².